The van der Waals surface area contributed by atoms with E-state index in [1.165, 1.54) is 6.07 Å². The molecule has 0 bridgehead atoms. The second-order valence-corrected chi connectivity index (χ2v) is 4.40. The Morgan fingerprint density at radius 2 is 1.80 bits per heavy atom. The summed E-state index contributed by atoms with van der Waals surface area (Å²) in [4.78, 5) is 11.0. The minimum absolute atomic E-state index is 0.153. The minimum Gasteiger partial charge on any atom is -0.258 e. The molecule has 2 rings (SSSR count). The first-order chi connectivity index (χ1) is 7.16. The summed E-state index contributed by atoms with van der Waals surface area (Å²) in [6.07, 6.45) is 0. The molecule has 0 unspecified atom stereocenters. The zero-order chi connectivity index (χ0) is 10.8. The summed E-state index contributed by atoms with van der Waals surface area (Å²) in [7, 11) is 0. The van der Waals surface area contributed by atoms with Gasteiger partial charge in [0.2, 0.25) is 0 Å². The molecule has 1 aromatic carbocycles. The fourth-order valence-corrected chi connectivity index (χ4v) is 2.15. The van der Waals surface area contributed by atoms with Crippen molar-refractivity contribution in [2.75, 3.05) is 0 Å². The van der Waals surface area contributed by atoms with Crippen LogP contribution < -0.4 is 0 Å². The van der Waals surface area contributed by atoms with E-state index in [0.29, 0.717) is 5.02 Å². The van der Waals surface area contributed by atoms with E-state index in [1.54, 1.807) is 18.2 Å². The maximum Gasteiger partial charge on any atom is 0.324 e. The molecular formula is C10H6ClNO2S. The van der Waals surface area contributed by atoms with Gasteiger partial charge in [-0.15, -0.1) is 0 Å². The number of rotatable bonds is 2. The number of halogens is 1. The Hall–Kier alpha value is -1.39. The number of hydrogen-bond donors (Lipinski definition) is 0. The Labute approximate surface area is 95.1 Å². The van der Waals surface area contributed by atoms with Gasteiger partial charge in [-0.05, 0) is 23.8 Å². The quantitative estimate of drug-likeness (QED) is 0.588. The van der Waals surface area contributed by atoms with Gasteiger partial charge in [0, 0.05) is 16.0 Å². The number of benzene rings is 1. The standard InChI is InChI=1S/C10H6ClNO2S/c11-8-3-1-7(2-4-8)9-5-6-10(15-9)12(13)14/h1-6H. The second kappa shape index (κ2) is 4.00. The van der Waals surface area contributed by atoms with Crippen LogP contribution in [0.5, 0.6) is 0 Å². The van der Waals surface area contributed by atoms with Crippen molar-refractivity contribution in [1.29, 1.82) is 0 Å². The van der Waals surface area contributed by atoms with E-state index in [0.717, 1.165) is 21.8 Å². The Kier molecular flexibility index (Phi) is 2.70. The van der Waals surface area contributed by atoms with E-state index in [1.807, 2.05) is 12.1 Å². The van der Waals surface area contributed by atoms with Crippen molar-refractivity contribution >= 4 is 27.9 Å². The average molecular weight is 240 g/mol. The molecule has 2 aromatic rings. The van der Waals surface area contributed by atoms with Gasteiger partial charge in [-0.1, -0.05) is 35.1 Å². The van der Waals surface area contributed by atoms with E-state index in [2.05, 4.69) is 0 Å². The van der Waals surface area contributed by atoms with E-state index in [-0.39, 0.29) is 9.92 Å². The van der Waals surface area contributed by atoms with E-state index in [9.17, 15) is 10.1 Å². The highest BCUT2D eigenvalue weighted by Crippen LogP contribution is 2.32. The topological polar surface area (TPSA) is 43.1 Å². The Morgan fingerprint density at radius 3 is 2.33 bits per heavy atom. The third-order valence-corrected chi connectivity index (χ3v) is 3.24. The van der Waals surface area contributed by atoms with Gasteiger partial charge in [0.05, 0.1) is 4.92 Å². The van der Waals surface area contributed by atoms with E-state index in [4.69, 9.17) is 11.6 Å². The van der Waals surface area contributed by atoms with Gasteiger partial charge in [-0.2, -0.15) is 0 Å². The molecule has 0 saturated heterocycles. The van der Waals surface area contributed by atoms with Gasteiger partial charge in [-0.25, -0.2) is 0 Å². The molecule has 1 heterocycles. The first kappa shape index (κ1) is 10.1. The van der Waals surface area contributed by atoms with E-state index < -0.39 is 0 Å². The molecule has 0 aliphatic carbocycles. The lowest BCUT2D eigenvalue weighted by atomic mass is 10.2. The second-order valence-electron chi connectivity index (χ2n) is 2.90. The largest absolute Gasteiger partial charge is 0.324 e. The molecule has 0 aliphatic rings. The van der Waals surface area contributed by atoms with Crippen LogP contribution in [0.2, 0.25) is 5.02 Å². The molecule has 0 spiro atoms. The lowest BCUT2D eigenvalue weighted by Gasteiger charge is -1.95. The van der Waals surface area contributed by atoms with Gasteiger partial charge in [0.15, 0.2) is 0 Å². The van der Waals surface area contributed by atoms with Crippen LogP contribution >= 0.6 is 22.9 Å². The summed E-state index contributed by atoms with van der Waals surface area (Å²) in [5, 5.41) is 11.3. The molecule has 0 amide bonds. The van der Waals surface area contributed by atoms with Crippen molar-refractivity contribution in [3.63, 3.8) is 0 Å². The van der Waals surface area contributed by atoms with Gasteiger partial charge >= 0.3 is 5.00 Å². The van der Waals surface area contributed by atoms with Crippen LogP contribution in [-0.2, 0) is 0 Å². The summed E-state index contributed by atoms with van der Waals surface area (Å²) >= 11 is 6.91. The molecule has 15 heavy (non-hydrogen) atoms. The maximum absolute atomic E-state index is 10.5. The summed E-state index contributed by atoms with van der Waals surface area (Å²) in [5.41, 5.74) is 0.942. The molecular weight excluding hydrogens is 234 g/mol. The molecule has 0 fully saturated rings. The first-order valence-electron chi connectivity index (χ1n) is 4.17. The Morgan fingerprint density at radius 1 is 1.13 bits per heavy atom. The van der Waals surface area contributed by atoms with Crippen LogP contribution in [0.3, 0.4) is 0 Å². The van der Waals surface area contributed by atoms with Crippen molar-refractivity contribution in [3.05, 3.63) is 51.5 Å². The summed E-state index contributed by atoms with van der Waals surface area (Å²) in [6, 6.07) is 10.5. The van der Waals surface area contributed by atoms with Crippen molar-refractivity contribution in [2.24, 2.45) is 0 Å². The van der Waals surface area contributed by atoms with Gasteiger partial charge in [-0.3, -0.25) is 10.1 Å². The smallest absolute Gasteiger partial charge is 0.258 e. The summed E-state index contributed by atoms with van der Waals surface area (Å²) in [5.74, 6) is 0. The number of nitro groups is 1. The lowest BCUT2D eigenvalue weighted by Crippen LogP contribution is -1.80. The van der Waals surface area contributed by atoms with Crippen LogP contribution in [0.25, 0.3) is 10.4 Å². The predicted molar refractivity (Wildman–Crippen MR) is 61.4 cm³/mol. The maximum atomic E-state index is 10.5. The monoisotopic (exact) mass is 239 g/mol. The van der Waals surface area contributed by atoms with Crippen LogP contribution in [0.15, 0.2) is 36.4 Å². The fourth-order valence-electron chi connectivity index (χ4n) is 1.20. The number of hydrogen-bond acceptors (Lipinski definition) is 3. The summed E-state index contributed by atoms with van der Waals surface area (Å²) < 4.78 is 0. The molecule has 0 radical (unpaired) electrons. The van der Waals surface area contributed by atoms with Crippen molar-refractivity contribution in [3.8, 4) is 10.4 Å². The number of thiophene rings is 1. The molecule has 0 saturated carbocycles. The molecule has 5 heteroatoms. The molecule has 0 N–H and O–H groups in total. The van der Waals surface area contributed by atoms with Gasteiger partial charge < -0.3 is 0 Å². The molecule has 3 nitrogen and oxygen atoms in total. The third-order valence-electron chi connectivity index (χ3n) is 1.90. The van der Waals surface area contributed by atoms with Crippen LogP contribution in [0, 0.1) is 10.1 Å². The highest BCUT2D eigenvalue weighted by molar-refractivity contribution is 7.18. The third kappa shape index (κ3) is 2.16. The average Bonchev–Trinajstić information content (AvgIpc) is 2.68. The Balaban J connectivity index is 2.37. The lowest BCUT2D eigenvalue weighted by molar-refractivity contribution is -0.380. The van der Waals surface area contributed by atoms with Crippen LogP contribution in [-0.4, -0.2) is 4.92 Å². The number of nitrogens with zero attached hydrogens (tertiary/aromatic N) is 1. The van der Waals surface area contributed by atoms with E-state index >= 15 is 0 Å². The summed E-state index contributed by atoms with van der Waals surface area (Å²) in [6.45, 7) is 0. The highest BCUT2D eigenvalue weighted by Gasteiger charge is 2.10. The molecule has 76 valence electrons. The molecule has 0 aliphatic heterocycles. The molecule has 0 atom stereocenters. The van der Waals surface area contributed by atoms with Crippen molar-refractivity contribution in [2.45, 2.75) is 0 Å². The van der Waals surface area contributed by atoms with Crippen LogP contribution in [0.4, 0.5) is 5.00 Å². The fraction of sp³-hybridized carbons (Fsp3) is 0. The zero-order valence-corrected chi connectivity index (χ0v) is 9.09. The normalized spacial score (nSPS) is 10.2. The SMILES string of the molecule is O=[N+]([O-])c1ccc(-c2ccc(Cl)cc2)s1. The molecule has 1 aromatic heterocycles. The van der Waals surface area contributed by atoms with Crippen molar-refractivity contribution in [1.82, 2.24) is 0 Å². The highest BCUT2D eigenvalue weighted by atomic mass is 35.5. The zero-order valence-electron chi connectivity index (χ0n) is 7.51. The minimum atomic E-state index is -0.385. The first-order valence-corrected chi connectivity index (χ1v) is 5.36. The van der Waals surface area contributed by atoms with Crippen LogP contribution in [0.1, 0.15) is 0 Å². The van der Waals surface area contributed by atoms with Crippen molar-refractivity contribution < 1.29 is 4.92 Å². The van der Waals surface area contributed by atoms with Gasteiger partial charge in [0.25, 0.3) is 0 Å². The predicted octanol–water partition coefficient (Wildman–Crippen LogP) is 3.98. The van der Waals surface area contributed by atoms with Gasteiger partial charge in [0.1, 0.15) is 0 Å². The Bertz CT molecular complexity index is 492.